The van der Waals surface area contributed by atoms with E-state index in [9.17, 15) is 0 Å². The van der Waals surface area contributed by atoms with E-state index in [1.54, 1.807) is 11.4 Å². The van der Waals surface area contributed by atoms with Gasteiger partial charge in [-0.3, -0.25) is 0 Å². The molecule has 0 bridgehead atoms. The van der Waals surface area contributed by atoms with E-state index in [1.165, 1.54) is 0 Å². The molecule has 0 heterocycles. The molecule has 0 saturated carbocycles. The Balaban J connectivity index is 3.82. The smallest absolute Gasteiger partial charge is 0.246 e. The van der Waals surface area contributed by atoms with E-state index in [1.807, 2.05) is 0 Å². The first kappa shape index (κ1) is 6.62. The average molecular weight is 114 g/mol. The van der Waals surface area contributed by atoms with Gasteiger partial charge in [-0.2, -0.15) is 0 Å². The van der Waals surface area contributed by atoms with Gasteiger partial charge < -0.3 is 10.8 Å². The third-order valence-corrected chi connectivity index (χ3v) is 2.12. The predicted octanol–water partition coefficient (Wildman–Crippen LogP) is -0.204. The van der Waals surface area contributed by atoms with Gasteiger partial charge in [0.1, 0.15) is 0 Å². The van der Waals surface area contributed by atoms with Gasteiger partial charge in [0, 0.05) is 0 Å². The normalized spacial score (nSPS) is 10.6. The highest BCUT2D eigenvalue weighted by atomic mass is 28.3. The van der Waals surface area contributed by atoms with Crippen LogP contribution >= 0.6 is 0 Å². The lowest BCUT2D eigenvalue weighted by atomic mass is 11.2. The van der Waals surface area contributed by atoms with Crippen molar-refractivity contribution in [3.8, 4) is 0 Å². The van der Waals surface area contributed by atoms with Crippen molar-refractivity contribution in [1.82, 2.24) is 0 Å². The molecule has 0 aromatic rings. The van der Waals surface area contributed by atoms with Crippen molar-refractivity contribution in [2.75, 3.05) is 0 Å². The van der Waals surface area contributed by atoms with Gasteiger partial charge in [-0.05, 0) is 0 Å². The van der Waals surface area contributed by atoms with Crippen LogP contribution in [0.15, 0.2) is 24.6 Å². The fourth-order valence-corrected chi connectivity index (χ4v) is 0.250. The monoisotopic (exact) mass is 114 g/mol. The molecule has 0 aliphatic rings. The lowest BCUT2D eigenvalue weighted by Gasteiger charge is -2.06. The van der Waals surface area contributed by atoms with Crippen LogP contribution in [0.5, 0.6) is 0 Å². The highest BCUT2D eigenvalue weighted by Crippen LogP contribution is 1.81. The van der Waals surface area contributed by atoms with Crippen molar-refractivity contribution in [1.29, 1.82) is 0 Å². The molecular weight excluding hydrogens is 104 g/mol. The predicted molar refractivity (Wildman–Crippen MR) is 34.5 cm³/mol. The molecule has 0 amide bonds. The van der Waals surface area contributed by atoms with E-state index < -0.39 is 8.40 Å². The molecule has 0 aromatic heterocycles. The first-order valence-electron chi connectivity index (χ1n) is 1.97. The second kappa shape index (κ2) is 2.06. The van der Waals surface area contributed by atoms with Crippen molar-refractivity contribution in [3.05, 3.63) is 24.6 Å². The topological polar surface area (TPSA) is 52.0 Å². The van der Waals surface area contributed by atoms with Crippen LogP contribution in [-0.2, 0) is 0 Å². The van der Waals surface area contributed by atoms with Crippen LogP contribution in [-0.4, -0.2) is 8.40 Å². The fourth-order valence-electron chi connectivity index (χ4n) is 0.0833. The molecule has 0 rings (SSSR count). The number of hydrogen-bond acceptors (Lipinski definition) is 2. The van der Waals surface area contributed by atoms with E-state index in [2.05, 4.69) is 13.2 Å². The van der Waals surface area contributed by atoms with Crippen molar-refractivity contribution >= 4 is 8.40 Å². The summed E-state index contributed by atoms with van der Waals surface area (Å²) in [6.45, 7) is 6.89. The van der Waals surface area contributed by atoms with Crippen LogP contribution in [0, 0.1) is 0 Å². The minimum Gasteiger partial charge on any atom is -0.333 e. The standard InChI is InChI=1S/C4H10N2Si/c1-3-7(5,6)4-2/h3-4H,1-2,5-6H2. The molecule has 3 heteroatoms. The molecule has 4 N–H and O–H groups in total. The Morgan fingerprint density at radius 3 is 1.43 bits per heavy atom. The molecule has 0 aliphatic carbocycles. The van der Waals surface area contributed by atoms with Crippen molar-refractivity contribution in [3.63, 3.8) is 0 Å². The Labute approximate surface area is 44.7 Å². The molecule has 0 aromatic carbocycles. The van der Waals surface area contributed by atoms with E-state index >= 15 is 0 Å². The van der Waals surface area contributed by atoms with Gasteiger partial charge >= 0.3 is 0 Å². The van der Waals surface area contributed by atoms with E-state index in [4.69, 9.17) is 10.8 Å². The molecule has 0 unspecified atom stereocenters. The molecule has 0 fully saturated rings. The molecule has 0 aliphatic heterocycles. The second-order valence-corrected chi connectivity index (χ2v) is 4.22. The molecule has 7 heavy (non-hydrogen) atoms. The Kier molecular flexibility index (Phi) is 1.95. The quantitative estimate of drug-likeness (QED) is 0.488. The zero-order valence-electron chi connectivity index (χ0n) is 4.22. The molecule has 0 atom stereocenters. The van der Waals surface area contributed by atoms with Gasteiger partial charge in [0.25, 0.3) is 0 Å². The van der Waals surface area contributed by atoms with Gasteiger partial charge in [0.15, 0.2) is 0 Å². The number of hydrogen-bond donors (Lipinski definition) is 2. The largest absolute Gasteiger partial charge is 0.333 e. The highest BCUT2D eigenvalue weighted by molar-refractivity contribution is 6.83. The van der Waals surface area contributed by atoms with Crippen LogP contribution in [0.25, 0.3) is 0 Å². The lowest BCUT2D eigenvalue weighted by molar-refractivity contribution is 1.59. The minimum atomic E-state index is -2.12. The Morgan fingerprint density at radius 2 is 1.43 bits per heavy atom. The maximum atomic E-state index is 5.40. The minimum absolute atomic E-state index is 1.57. The summed E-state index contributed by atoms with van der Waals surface area (Å²) in [7, 11) is -2.12. The highest BCUT2D eigenvalue weighted by Gasteiger charge is 2.10. The van der Waals surface area contributed by atoms with Crippen LogP contribution < -0.4 is 10.8 Å². The SMILES string of the molecule is C=C[Si](N)(N)C=C. The summed E-state index contributed by atoms with van der Waals surface area (Å²) in [6, 6.07) is 0. The molecule has 0 radical (unpaired) electrons. The van der Waals surface area contributed by atoms with E-state index in [0.29, 0.717) is 0 Å². The summed E-state index contributed by atoms with van der Waals surface area (Å²) in [6.07, 6.45) is 0. The summed E-state index contributed by atoms with van der Waals surface area (Å²) in [5.74, 6) is 0. The first-order valence-corrected chi connectivity index (χ1v) is 4.28. The second-order valence-electron chi connectivity index (χ2n) is 1.41. The lowest BCUT2D eigenvalue weighted by Crippen LogP contribution is -2.52. The van der Waals surface area contributed by atoms with Gasteiger partial charge in [-0.25, -0.2) is 0 Å². The Hall–Kier alpha value is -0.383. The third kappa shape index (κ3) is 2.33. The average Bonchev–Trinajstić information content (AvgIpc) is 1.68. The van der Waals surface area contributed by atoms with Crippen LogP contribution in [0.3, 0.4) is 0 Å². The maximum absolute atomic E-state index is 5.40. The summed E-state index contributed by atoms with van der Waals surface area (Å²) in [4.78, 5) is 0. The zero-order chi connectivity index (χ0) is 5.91. The number of nitrogens with two attached hydrogens (primary N) is 2. The van der Waals surface area contributed by atoms with Gasteiger partial charge in [-0.15, -0.1) is 13.2 Å². The van der Waals surface area contributed by atoms with Gasteiger partial charge in [-0.1, -0.05) is 11.4 Å². The summed E-state index contributed by atoms with van der Waals surface area (Å²) in [5, 5.41) is 10.8. The molecular formula is C4H10N2Si. The van der Waals surface area contributed by atoms with Crippen molar-refractivity contribution < 1.29 is 0 Å². The van der Waals surface area contributed by atoms with E-state index in [-0.39, 0.29) is 0 Å². The summed E-state index contributed by atoms with van der Waals surface area (Å²) >= 11 is 0. The molecule has 0 saturated heterocycles. The van der Waals surface area contributed by atoms with Crippen LogP contribution in [0.2, 0.25) is 0 Å². The third-order valence-electron chi connectivity index (χ3n) is 0.707. The Bertz CT molecular complexity index is 77.7. The molecule has 2 nitrogen and oxygen atoms in total. The maximum Gasteiger partial charge on any atom is 0.246 e. The van der Waals surface area contributed by atoms with Gasteiger partial charge in [0.2, 0.25) is 8.40 Å². The molecule has 0 spiro atoms. The van der Waals surface area contributed by atoms with Crippen molar-refractivity contribution in [2.45, 2.75) is 0 Å². The summed E-state index contributed by atoms with van der Waals surface area (Å²) in [5.41, 5.74) is 3.14. The van der Waals surface area contributed by atoms with Gasteiger partial charge in [0.05, 0.1) is 0 Å². The number of rotatable bonds is 2. The van der Waals surface area contributed by atoms with Crippen LogP contribution in [0.4, 0.5) is 0 Å². The zero-order valence-corrected chi connectivity index (χ0v) is 5.22. The fraction of sp³-hybridized carbons (Fsp3) is 0. The van der Waals surface area contributed by atoms with Crippen LogP contribution in [0.1, 0.15) is 0 Å². The first-order chi connectivity index (χ1) is 3.12. The van der Waals surface area contributed by atoms with Crippen molar-refractivity contribution in [2.24, 2.45) is 10.8 Å². The molecule has 40 valence electrons. The van der Waals surface area contributed by atoms with E-state index in [0.717, 1.165) is 0 Å². The summed E-state index contributed by atoms with van der Waals surface area (Å²) < 4.78 is 0. The Morgan fingerprint density at radius 1 is 1.14 bits per heavy atom.